The van der Waals surface area contributed by atoms with E-state index >= 15 is 0 Å². The van der Waals surface area contributed by atoms with Crippen LogP contribution in [0.25, 0.3) is 0 Å². The number of aliphatic hydroxyl groups excluding tert-OH is 1. The van der Waals surface area contributed by atoms with Gasteiger partial charge in [0.05, 0.1) is 12.3 Å². The highest BCUT2D eigenvalue weighted by Crippen LogP contribution is 2.25. The maximum atomic E-state index is 10.1. The third kappa shape index (κ3) is 3.52. The molecule has 0 spiro atoms. The van der Waals surface area contributed by atoms with E-state index in [0.29, 0.717) is 29.3 Å². The molecule has 0 aliphatic carbocycles. The van der Waals surface area contributed by atoms with Gasteiger partial charge in [0.1, 0.15) is 5.75 Å². The number of anilines is 1. The van der Waals surface area contributed by atoms with Gasteiger partial charge in [-0.15, -0.1) is 0 Å². The molecule has 0 saturated heterocycles. The minimum Gasteiger partial charge on any atom is -0.506 e. The van der Waals surface area contributed by atoms with Crippen LogP contribution in [0, 0.1) is 6.92 Å². The number of aromatic nitrogens is 1. The monoisotopic (exact) mass is 286 g/mol. The SMILES string of the molecule is Cc1ncc(CO)c(CNc2ccc(C(C)C)cc2)c1O. The minimum atomic E-state index is -0.135. The van der Waals surface area contributed by atoms with E-state index in [9.17, 15) is 10.2 Å². The molecule has 2 rings (SSSR count). The fourth-order valence-corrected chi connectivity index (χ4v) is 2.19. The van der Waals surface area contributed by atoms with Gasteiger partial charge in [-0.2, -0.15) is 0 Å². The molecule has 0 aliphatic heterocycles. The van der Waals surface area contributed by atoms with Crippen molar-refractivity contribution in [1.29, 1.82) is 0 Å². The summed E-state index contributed by atoms with van der Waals surface area (Å²) in [5.41, 5.74) is 4.18. The van der Waals surface area contributed by atoms with Gasteiger partial charge >= 0.3 is 0 Å². The second-order valence-corrected chi connectivity index (χ2v) is 5.48. The van der Waals surface area contributed by atoms with Crippen molar-refractivity contribution < 1.29 is 10.2 Å². The van der Waals surface area contributed by atoms with E-state index in [1.165, 1.54) is 5.56 Å². The topological polar surface area (TPSA) is 65.4 Å². The Kier molecular flexibility index (Phi) is 4.81. The van der Waals surface area contributed by atoms with E-state index in [0.717, 1.165) is 5.69 Å². The van der Waals surface area contributed by atoms with E-state index in [1.807, 2.05) is 12.1 Å². The first-order valence-corrected chi connectivity index (χ1v) is 7.14. The van der Waals surface area contributed by atoms with E-state index < -0.39 is 0 Å². The quantitative estimate of drug-likeness (QED) is 0.789. The van der Waals surface area contributed by atoms with E-state index in [-0.39, 0.29) is 12.4 Å². The lowest BCUT2D eigenvalue weighted by molar-refractivity contribution is 0.279. The van der Waals surface area contributed by atoms with Crippen molar-refractivity contribution in [2.24, 2.45) is 0 Å². The Hall–Kier alpha value is -2.07. The average molecular weight is 286 g/mol. The smallest absolute Gasteiger partial charge is 0.142 e. The number of nitrogens with zero attached hydrogens (tertiary/aromatic N) is 1. The van der Waals surface area contributed by atoms with Gasteiger partial charge in [0.25, 0.3) is 0 Å². The van der Waals surface area contributed by atoms with Crippen LogP contribution in [0.2, 0.25) is 0 Å². The number of pyridine rings is 1. The number of benzene rings is 1. The fourth-order valence-electron chi connectivity index (χ4n) is 2.19. The molecule has 0 atom stereocenters. The van der Waals surface area contributed by atoms with Crippen LogP contribution in [0.1, 0.15) is 42.1 Å². The molecular weight excluding hydrogens is 264 g/mol. The number of aryl methyl sites for hydroxylation is 1. The first kappa shape index (κ1) is 15.3. The molecule has 0 radical (unpaired) electrons. The van der Waals surface area contributed by atoms with Crippen LogP contribution in [0.15, 0.2) is 30.5 Å². The number of aliphatic hydroxyl groups is 1. The lowest BCUT2D eigenvalue weighted by Crippen LogP contribution is -2.05. The van der Waals surface area contributed by atoms with Crippen molar-refractivity contribution in [3.05, 3.63) is 52.8 Å². The predicted molar refractivity (Wildman–Crippen MR) is 84.4 cm³/mol. The first-order valence-electron chi connectivity index (χ1n) is 7.14. The summed E-state index contributed by atoms with van der Waals surface area (Å²) >= 11 is 0. The molecule has 0 amide bonds. The lowest BCUT2D eigenvalue weighted by Gasteiger charge is -2.14. The number of hydrogen-bond acceptors (Lipinski definition) is 4. The molecule has 0 unspecified atom stereocenters. The van der Waals surface area contributed by atoms with E-state index in [1.54, 1.807) is 13.1 Å². The summed E-state index contributed by atoms with van der Waals surface area (Å²) in [6.45, 7) is 6.38. The highest BCUT2D eigenvalue weighted by molar-refractivity contribution is 5.48. The first-order chi connectivity index (χ1) is 10.0. The van der Waals surface area contributed by atoms with Crippen molar-refractivity contribution in [2.75, 3.05) is 5.32 Å². The standard InChI is InChI=1S/C17H22N2O2/c1-11(2)13-4-6-15(7-5-13)19-9-16-14(10-20)8-18-12(3)17(16)21/h4-8,11,19-21H,9-10H2,1-3H3. The number of aromatic hydroxyl groups is 1. The van der Waals surface area contributed by atoms with Gasteiger partial charge in [-0.05, 0) is 30.5 Å². The van der Waals surface area contributed by atoms with Crippen LogP contribution >= 0.6 is 0 Å². The van der Waals surface area contributed by atoms with Crippen molar-refractivity contribution in [3.8, 4) is 5.75 Å². The Morgan fingerprint density at radius 1 is 1.19 bits per heavy atom. The van der Waals surface area contributed by atoms with Gasteiger partial charge in [-0.1, -0.05) is 26.0 Å². The van der Waals surface area contributed by atoms with E-state index in [2.05, 4.69) is 36.3 Å². The zero-order chi connectivity index (χ0) is 15.4. The largest absolute Gasteiger partial charge is 0.506 e. The van der Waals surface area contributed by atoms with Crippen LogP contribution < -0.4 is 5.32 Å². The van der Waals surface area contributed by atoms with Gasteiger partial charge in [-0.3, -0.25) is 4.98 Å². The Morgan fingerprint density at radius 2 is 1.86 bits per heavy atom. The summed E-state index contributed by atoms with van der Waals surface area (Å²) in [5.74, 6) is 0.653. The molecule has 0 saturated carbocycles. The average Bonchev–Trinajstić information content (AvgIpc) is 2.49. The molecule has 3 N–H and O–H groups in total. The van der Waals surface area contributed by atoms with Gasteiger partial charge in [0.15, 0.2) is 0 Å². The van der Waals surface area contributed by atoms with Crippen LogP contribution in [0.3, 0.4) is 0 Å². The minimum absolute atomic E-state index is 0.135. The second kappa shape index (κ2) is 6.59. The zero-order valence-corrected chi connectivity index (χ0v) is 12.7. The highest BCUT2D eigenvalue weighted by atomic mass is 16.3. The molecule has 4 heteroatoms. The molecule has 112 valence electrons. The number of nitrogens with one attached hydrogen (secondary N) is 1. The van der Waals surface area contributed by atoms with Gasteiger partial charge in [-0.25, -0.2) is 0 Å². The van der Waals surface area contributed by atoms with Crippen LogP contribution in [0.5, 0.6) is 5.75 Å². The number of hydrogen-bond donors (Lipinski definition) is 3. The molecule has 2 aromatic rings. The van der Waals surface area contributed by atoms with Crippen molar-refractivity contribution >= 4 is 5.69 Å². The summed E-state index contributed by atoms with van der Waals surface area (Å²) in [6.07, 6.45) is 1.61. The van der Waals surface area contributed by atoms with Crippen molar-refractivity contribution in [3.63, 3.8) is 0 Å². The molecule has 21 heavy (non-hydrogen) atoms. The van der Waals surface area contributed by atoms with Crippen LogP contribution in [-0.4, -0.2) is 15.2 Å². The molecule has 1 aromatic heterocycles. The Labute approximate surface area is 125 Å². The maximum absolute atomic E-state index is 10.1. The van der Waals surface area contributed by atoms with Gasteiger partial charge in [0, 0.05) is 29.6 Å². The normalized spacial score (nSPS) is 10.9. The summed E-state index contributed by atoms with van der Waals surface area (Å²) < 4.78 is 0. The molecule has 0 aliphatic rings. The van der Waals surface area contributed by atoms with Crippen molar-refractivity contribution in [2.45, 2.75) is 39.8 Å². The third-order valence-corrected chi connectivity index (χ3v) is 3.65. The third-order valence-electron chi connectivity index (χ3n) is 3.65. The molecule has 0 fully saturated rings. The van der Waals surface area contributed by atoms with Crippen LogP contribution in [0.4, 0.5) is 5.69 Å². The molecular formula is C17H22N2O2. The zero-order valence-electron chi connectivity index (χ0n) is 12.7. The van der Waals surface area contributed by atoms with Crippen LogP contribution in [-0.2, 0) is 13.2 Å². The molecule has 1 aromatic carbocycles. The second-order valence-electron chi connectivity index (χ2n) is 5.48. The van der Waals surface area contributed by atoms with Crippen molar-refractivity contribution in [1.82, 2.24) is 4.98 Å². The molecule has 1 heterocycles. The summed E-state index contributed by atoms with van der Waals surface area (Å²) in [6, 6.07) is 8.24. The lowest BCUT2D eigenvalue weighted by atomic mass is 10.0. The highest BCUT2D eigenvalue weighted by Gasteiger charge is 2.11. The maximum Gasteiger partial charge on any atom is 0.142 e. The van der Waals surface area contributed by atoms with Gasteiger partial charge in [0.2, 0.25) is 0 Å². The Morgan fingerprint density at radius 3 is 2.43 bits per heavy atom. The fraction of sp³-hybridized carbons (Fsp3) is 0.353. The Balaban J connectivity index is 2.14. The number of rotatable bonds is 5. The predicted octanol–water partition coefficient (Wildman–Crippen LogP) is 3.32. The molecule has 4 nitrogen and oxygen atoms in total. The summed E-state index contributed by atoms with van der Waals surface area (Å²) in [5, 5.41) is 22.7. The summed E-state index contributed by atoms with van der Waals surface area (Å²) in [7, 11) is 0. The van der Waals surface area contributed by atoms with Gasteiger partial charge < -0.3 is 15.5 Å². The Bertz CT molecular complexity index is 607. The summed E-state index contributed by atoms with van der Waals surface area (Å²) in [4.78, 5) is 4.06. The van der Waals surface area contributed by atoms with E-state index in [4.69, 9.17) is 0 Å². The molecule has 0 bridgehead atoms.